The maximum atomic E-state index is 14.3. The van der Waals surface area contributed by atoms with E-state index in [1.54, 1.807) is 0 Å². The molecule has 6 atom stereocenters. The van der Waals surface area contributed by atoms with E-state index in [9.17, 15) is 19.0 Å². The molecule has 3 unspecified atom stereocenters. The molecule has 2 saturated heterocycles. The molecule has 0 radical (unpaired) electrons. The highest BCUT2D eigenvalue weighted by molar-refractivity contribution is 8.07. The number of nitrogens with zero attached hydrogens (tertiary/aromatic N) is 4. The molecule has 2 fully saturated rings. The third-order valence-electron chi connectivity index (χ3n) is 5.67. The second-order valence-corrected chi connectivity index (χ2v) is 11.2. The summed E-state index contributed by atoms with van der Waals surface area (Å²) in [5, 5.41) is 20.9. The number of hydrogen-bond donors (Lipinski definition) is 3. The number of nitrogen functional groups attached to an aromatic ring is 1. The number of hydrogen-bond acceptors (Lipinski definition) is 11. The maximum Gasteiger partial charge on any atom is 0.327 e. The van der Waals surface area contributed by atoms with Crippen LogP contribution in [0.2, 0.25) is 5.02 Å². The van der Waals surface area contributed by atoms with Gasteiger partial charge in [-0.05, 0) is 17.9 Å². The van der Waals surface area contributed by atoms with Crippen LogP contribution >= 0.6 is 18.3 Å². The van der Waals surface area contributed by atoms with Crippen LogP contribution in [0.25, 0.3) is 11.2 Å². The Labute approximate surface area is 207 Å². The number of benzene rings is 1. The van der Waals surface area contributed by atoms with Crippen molar-refractivity contribution in [3.8, 4) is 0 Å². The molecule has 188 valence electrons. The van der Waals surface area contributed by atoms with Crippen molar-refractivity contribution in [1.82, 2.24) is 19.5 Å². The van der Waals surface area contributed by atoms with E-state index in [2.05, 4.69) is 15.0 Å². The van der Waals surface area contributed by atoms with Crippen LogP contribution in [0.3, 0.4) is 0 Å². The van der Waals surface area contributed by atoms with Crippen LogP contribution in [0.4, 0.5) is 14.6 Å². The van der Waals surface area contributed by atoms with Crippen LogP contribution in [0.15, 0.2) is 24.8 Å². The minimum atomic E-state index is -3.41. The second kappa shape index (κ2) is 9.54. The maximum absolute atomic E-state index is 14.3. The Morgan fingerprint density at radius 1 is 1.23 bits per heavy atom. The molecule has 0 amide bonds. The monoisotopic (exact) mass is 549 g/mol. The van der Waals surface area contributed by atoms with Crippen molar-refractivity contribution >= 4 is 47.1 Å². The summed E-state index contributed by atoms with van der Waals surface area (Å²) in [5.74, 6) is -1.58. The Balaban J connectivity index is 1.29. The van der Waals surface area contributed by atoms with Crippen molar-refractivity contribution in [3.63, 3.8) is 0 Å². The zero-order valence-electron chi connectivity index (χ0n) is 17.7. The Morgan fingerprint density at radius 2 is 2.03 bits per heavy atom. The molecule has 3 aromatic rings. The van der Waals surface area contributed by atoms with Crippen molar-refractivity contribution in [2.45, 2.75) is 37.1 Å². The number of ether oxygens (including phenoxy) is 1. The summed E-state index contributed by atoms with van der Waals surface area (Å²) in [4.78, 5) is 12.1. The van der Waals surface area contributed by atoms with E-state index in [4.69, 9.17) is 47.4 Å². The first-order valence-corrected chi connectivity index (χ1v) is 13.3. The molecule has 0 bridgehead atoms. The summed E-state index contributed by atoms with van der Waals surface area (Å²) in [6, 6.07) is 1.81. The standard InChI is InChI=1S/C19H19ClF2N5O6PS/c20-9-3-8(10(21)4-11(9)22)12-1-2-30-34(35,33-12)31-5-13-15(28)16(29)19(32-13)27-7-26-14-17(23)24-6-25-18(14)27/h3-4,6-7,12-13,15-16,19,28-29H,1-2,5H2,(H2,23,24,25)/t12?,13-,15?,16+,19-,34?/m1/s1. The Hall–Kier alpha value is -1.87. The van der Waals surface area contributed by atoms with Crippen molar-refractivity contribution < 1.29 is 37.3 Å². The normalized spacial score (nSPS) is 31.3. The van der Waals surface area contributed by atoms with Crippen molar-refractivity contribution in [2.75, 3.05) is 18.9 Å². The van der Waals surface area contributed by atoms with Gasteiger partial charge in [0, 0.05) is 18.1 Å². The lowest BCUT2D eigenvalue weighted by molar-refractivity contribution is -0.0533. The lowest BCUT2D eigenvalue weighted by Crippen LogP contribution is -2.34. The molecule has 35 heavy (non-hydrogen) atoms. The highest BCUT2D eigenvalue weighted by Crippen LogP contribution is 2.58. The highest BCUT2D eigenvalue weighted by Gasteiger charge is 2.45. The number of anilines is 1. The summed E-state index contributed by atoms with van der Waals surface area (Å²) in [6.45, 7) is -3.61. The predicted molar refractivity (Wildman–Crippen MR) is 122 cm³/mol. The van der Waals surface area contributed by atoms with Gasteiger partial charge in [-0.25, -0.2) is 23.7 Å². The smallest absolute Gasteiger partial charge is 0.327 e. The van der Waals surface area contributed by atoms with Gasteiger partial charge in [0.15, 0.2) is 17.7 Å². The van der Waals surface area contributed by atoms with E-state index >= 15 is 0 Å². The van der Waals surface area contributed by atoms with Gasteiger partial charge in [-0.2, -0.15) is 0 Å². The van der Waals surface area contributed by atoms with Crippen molar-refractivity contribution in [2.24, 2.45) is 0 Å². The first kappa shape index (κ1) is 24.8. The second-order valence-electron chi connectivity index (χ2n) is 7.88. The van der Waals surface area contributed by atoms with Gasteiger partial charge < -0.3 is 34.3 Å². The molecule has 2 aliphatic rings. The largest absolute Gasteiger partial charge is 0.387 e. The molecule has 0 aliphatic carbocycles. The van der Waals surface area contributed by atoms with Crippen LogP contribution in [0.5, 0.6) is 0 Å². The Morgan fingerprint density at radius 3 is 2.83 bits per heavy atom. The molecule has 16 heteroatoms. The van der Waals surface area contributed by atoms with Crippen LogP contribution in [0, 0.1) is 11.6 Å². The summed E-state index contributed by atoms with van der Waals surface area (Å²) in [6.07, 6.45) is -2.80. The first-order chi connectivity index (χ1) is 16.7. The molecule has 4 heterocycles. The zero-order chi connectivity index (χ0) is 24.9. The molecular weight excluding hydrogens is 531 g/mol. The number of nitrogens with two attached hydrogens (primary N) is 1. The summed E-state index contributed by atoms with van der Waals surface area (Å²) < 4.78 is 52.0. The average Bonchev–Trinajstić information content (AvgIpc) is 3.37. The van der Waals surface area contributed by atoms with Gasteiger partial charge in [0.1, 0.15) is 41.8 Å². The number of fused-ring (bicyclic) bond motifs is 1. The van der Waals surface area contributed by atoms with E-state index < -0.39 is 49.0 Å². The topological polar surface area (TPSA) is 147 Å². The number of imidazole rings is 1. The van der Waals surface area contributed by atoms with E-state index in [0.29, 0.717) is 17.2 Å². The Bertz CT molecular complexity index is 1320. The molecule has 11 nitrogen and oxygen atoms in total. The van der Waals surface area contributed by atoms with Gasteiger partial charge in [0.2, 0.25) is 0 Å². The molecule has 1 aromatic carbocycles. The third-order valence-corrected chi connectivity index (χ3v) is 8.32. The molecular formula is C19H19ClF2N5O6PS. The van der Waals surface area contributed by atoms with Gasteiger partial charge >= 0.3 is 6.72 Å². The highest BCUT2D eigenvalue weighted by atomic mass is 35.5. The van der Waals surface area contributed by atoms with Crippen LogP contribution < -0.4 is 5.73 Å². The van der Waals surface area contributed by atoms with Gasteiger partial charge in [0.05, 0.1) is 30.7 Å². The number of halogens is 3. The van der Waals surface area contributed by atoms with E-state index in [0.717, 1.165) is 6.07 Å². The minimum absolute atomic E-state index is 0.0263. The molecule has 2 aliphatic heterocycles. The van der Waals surface area contributed by atoms with Crippen LogP contribution in [0.1, 0.15) is 24.3 Å². The van der Waals surface area contributed by atoms with Gasteiger partial charge in [-0.15, -0.1) is 0 Å². The lowest BCUT2D eigenvalue weighted by Gasteiger charge is -2.33. The van der Waals surface area contributed by atoms with Crippen molar-refractivity contribution in [3.05, 3.63) is 47.0 Å². The zero-order valence-corrected chi connectivity index (χ0v) is 20.2. The van der Waals surface area contributed by atoms with Gasteiger partial charge in [-0.1, -0.05) is 11.6 Å². The quantitative estimate of drug-likeness (QED) is 0.318. The molecule has 2 aromatic heterocycles. The van der Waals surface area contributed by atoms with Crippen LogP contribution in [-0.4, -0.2) is 61.3 Å². The van der Waals surface area contributed by atoms with E-state index in [1.807, 2.05) is 0 Å². The molecule has 4 N–H and O–H groups in total. The third kappa shape index (κ3) is 4.66. The minimum Gasteiger partial charge on any atom is -0.387 e. The number of aliphatic hydroxyl groups excluding tert-OH is 2. The summed E-state index contributed by atoms with van der Waals surface area (Å²) >= 11 is 11.2. The van der Waals surface area contributed by atoms with Gasteiger partial charge in [-0.3, -0.25) is 4.57 Å². The average molecular weight is 550 g/mol. The Kier molecular flexibility index (Phi) is 6.76. The molecule has 5 rings (SSSR count). The van der Waals surface area contributed by atoms with E-state index in [1.165, 1.54) is 17.2 Å². The van der Waals surface area contributed by atoms with Crippen LogP contribution in [-0.2, 0) is 30.1 Å². The predicted octanol–water partition coefficient (Wildman–Crippen LogP) is 2.38. The van der Waals surface area contributed by atoms with E-state index in [-0.39, 0.29) is 36.0 Å². The fraction of sp³-hybridized carbons (Fsp3) is 0.421. The fourth-order valence-corrected chi connectivity index (χ4v) is 6.17. The number of rotatable bonds is 5. The number of aromatic nitrogens is 4. The fourth-order valence-electron chi connectivity index (χ4n) is 3.89. The SMILES string of the molecule is Nc1ncnc2c1ncn2[C@@H]1O[C@H](COP2(=S)OCCC(c3cc(Cl)c(F)cc3F)O2)C(O)[C@@H]1O. The number of aliphatic hydroxyl groups is 2. The summed E-state index contributed by atoms with van der Waals surface area (Å²) in [5.41, 5.74) is 6.45. The molecule has 0 spiro atoms. The first-order valence-electron chi connectivity index (χ1n) is 10.3. The molecule has 0 saturated carbocycles. The summed E-state index contributed by atoms with van der Waals surface area (Å²) in [7, 11) is 0. The van der Waals surface area contributed by atoms with Crippen molar-refractivity contribution in [1.29, 1.82) is 0 Å². The lowest BCUT2D eigenvalue weighted by atomic mass is 10.1. The van der Waals surface area contributed by atoms with Gasteiger partial charge in [0.25, 0.3) is 0 Å².